The average molecular weight is 246 g/mol. The normalized spacial score (nSPS) is 10.8. The van der Waals surface area contributed by atoms with Gasteiger partial charge in [0.2, 0.25) is 0 Å². The van der Waals surface area contributed by atoms with Crippen LogP contribution in [0.4, 0.5) is 0 Å². The van der Waals surface area contributed by atoms with Crippen molar-refractivity contribution < 1.29 is 0 Å². The molecule has 0 radical (unpaired) electrons. The molecule has 0 fully saturated rings. The second-order valence-electron chi connectivity index (χ2n) is 3.15. The predicted molar refractivity (Wildman–Crippen MR) is 54.7 cm³/mol. The Morgan fingerprint density at radius 1 is 1.54 bits per heavy atom. The molecule has 1 aromatic heterocycles. The van der Waals surface area contributed by atoms with Crippen LogP contribution in [0.5, 0.6) is 0 Å². The fraction of sp³-hybridized carbons (Fsp3) is 0.500. The predicted octanol–water partition coefficient (Wildman–Crippen LogP) is 0.902. The second-order valence-corrected chi connectivity index (χ2v) is 3.94. The lowest BCUT2D eigenvalue weighted by Gasteiger charge is -2.09. The number of aromatic amines is 1. The molecular weight excluding hydrogens is 234 g/mol. The Labute approximate surface area is 85.1 Å². The number of rotatable bonds is 2. The lowest BCUT2D eigenvalue weighted by atomic mass is 10.4. The lowest BCUT2D eigenvalue weighted by Crippen LogP contribution is -2.19. The summed E-state index contributed by atoms with van der Waals surface area (Å²) in [7, 11) is 3.86. The maximum Gasteiger partial charge on any atom is 0.265 e. The van der Waals surface area contributed by atoms with Crippen molar-refractivity contribution in [3.63, 3.8) is 0 Å². The van der Waals surface area contributed by atoms with Gasteiger partial charge in [-0.2, -0.15) is 0 Å². The summed E-state index contributed by atoms with van der Waals surface area (Å²) in [6.45, 7) is 2.45. The van der Waals surface area contributed by atoms with Gasteiger partial charge in [0.15, 0.2) is 0 Å². The minimum Gasteiger partial charge on any atom is -0.308 e. The van der Waals surface area contributed by atoms with Crippen LogP contribution in [0.2, 0.25) is 0 Å². The maximum absolute atomic E-state index is 11.3. The molecule has 0 aliphatic carbocycles. The minimum absolute atomic E-state index is 0.121. The first-order valence-corrected chi connectivity index (χ1v) is 4.70. The number of nitrogens with zero attached hydrogens (tertiary/aromatic N) is 2. The molecule has 4 nitrogen and oxygen atoms in total. The first-order chi connectivity index (χ1) is 6.00. The quantitative estimate of drug-likeness (QED) is 0.843. The van der Waals surface area contributed by atoms with Crippen LogP contribution in [0.3, 0.4) is 0 Å². The Balaban J connectivity index is 3.06. The zero-order valence-electron chi connectivity index (χ0n) is 7.89. The van der Waals surface area contributed by atoms with Crippen LogP contribution in [0, 0.1) is 6.92 Å². The summed E-state index contributed by atoms with van der Waals surface area (Å²) < 4.78 is 0.509. The summed E-state index contributed by atoms with van der Waals surface area (Å²) in [4.78, 5) is 20.2. The van der Waals surface area contributed by atoms with Gasteiger partial charge < -0.3 is 9.88 Å². The number of halogens is 1. The van der Waals surface area contributed by atoms with Gasteiger partial charge in [-0.25, -0.2) is 4.98 Å². The third kappa shape index (κ3) is 2.63. The van der Waals surface area contributed by atoms with Crippen molar-refractivity contribution in [1.29, 1.82) is 0 Å². The van der Waals surface area contributed by atoms with Crippen LogP contribution in [0.1, 0.15) is 11.5 Å². The molecule has 1 rings (SSSR count). The van der Waals surface area contributed by atoms with E-state index in [0.29, 0.717) is 16.8 Å². The second kappa shape index (κ2) is 4.02. The molecule has 0 amide bonds. The highest BCUT2D eigenvalue weighted by Gasteiger charge is 2.04. The Bertz CT molecular complexity index is 359. The zero-order valence-corrected chi connectivity index (χ0v) is 9.47. The van der Waals surface area contributed by atoms with E-state index >= 15 is 0 Å². The molecule has 1 N–H and O–H groups in total. The number of aromatic nitrogens is 2. The SMILES string of the molecule is Cc1nc(CN(C)C)[nH]c(=O)c1Br. The van der Waals surface area contributed by atoms with Gasteiger partial charge in [-0.3, -0.25) is 4.79 Å². The van der Waals surface area contributed by atoms with Crippen molar-refractivity contribution in [2.45, 2.75) is 13.5 Å². The summed E-state index contributed by atoms with van der Waals surface area (Å²) in [5, 5.41) is 0. The molecule has 0 bridgehead atoms. The van der Waals surface area contributed by atoms with Crippen LogP contribution >= 0.6 is 15.9 Å². The van der Waals surface area contributed by atoms with Crippen LogP contribution in [0.15, 0.2) is 9.27 Å². The summed E-state index contributed by atoms with van der Waals surface area (Å²) >= 11 is 3.16. The van der Waals surface area contributed by atoms with E-state index in [-0.39, 0.29) is 5.56 Å². The van der Waals surface area contributed by atoms with E-state index in [1.807, 2.05) is 19.0 Å². The molecule has 0 saturated heterocycles. The van der Waals surface area contributed by atoms with Gasteiger partial charge in [-0.15, -0.1) is 0 Å². The fourth-order valence-corrected chi connectivity index (χ4v) is 1.19. The molecule has 72 valence electrons. The number of aryl methyl sites for hydroxylation is 1. The van der Waals surface area contributed by atoms with Gasteiger partial charge in [0.25, 0.3) is 5.56 Å². The Kier molecular flexibility index (Phi) is 3.22. The van der Waals surface area contributed by atoms with Gasteiger partial charge in [-0.1, -0.05) is 0 Å². The van der Waals surface area contributed by atoms with Crippen LogP contribution < -0.4 is 5.56 Å². The first kappa shape index (κ1) is 10.4. The molecule has 0 aromatic carbocycles. The van der Waals surface area contributed by atoms with Crippen LogP contribution in [0.25, 0.3) is 0 Å². The Morgan fingerprint density at radius 3 is 2.62 bits per heavy atom. The van der Waals surface area contributed by atoms with Gasteiger partial charge in [0.1, 0.15) is 10.3 Å². The Morgan fingerprint density at radius 2 is 2.15 bits per heavy atom. The third-order valence-corrected chi connectivity index (χ3v) is 2.48. The van der Waals surface area contributed by atoms with Crippen molar-refractivity contribution in [2.75, 3.05) is 14.1 Å². The molecule has 5 heteroatoms. The third-order valence-electron chi connectivity index (χ3n) is 1.54. The summed E-state index contributed by atoms with van der Waals surface area (Å²) in [5.41, 5.74) is 0.602. The number of hydrogen-bond acceptors (Lipinski definition) is 3. The highest BCUT2D eigenvalue weighted by Crippen LogP contribution is 2.06. The van der Waals surface area contributed by atoms with E-state index in [1.54, 1.807) is 6.92 Å². The van der Waals surface area contributed by atoms with Crippen molar-refractivity contribution in [3.05, 3.63) is 26.3 Å². The summed E-state index contributed by atoms with van der Waals surface area (Å²) in [5.74, 6) is 0.690. The van der Waals surface area contributed by atoms with Gasteiger partial charge in [-0.05, 0) is 36.9 Å². The molecule has 0 spiro atoms. The molecule has 1 aromatic rings. The van der Waals surface area contributed by atoms with E-state index in [2.05, 4.69) is 25.9 Å². The largest absolute Gasteiger partial charge is 0.308 e. The van der Waals surface area contributed by atoms with Crippen molar-refractivity contribution in [1.82, 2.24) is 14.9 Å². The van der Waals surface area contributed by atoms with Crippen molar-refractivity contribution >= 4 is 15.9 Å². The topological polar surface area (TPSA) is 49.0 Å². The van der Waals surface area contributed by atoms with Crippen molar-refractivity contribution in [2.24, 2.45) is 0 Å². The molecule has 13 heavy (non-hydrogen) atoms. The number of nitrogens with one attached hydrogen (secondary N) is 1. The molecular formula is C8H12BrN3O. The van der Waals surface area contributed by atoms with Gasteiger partial charge >= 0.3 is 0 Å². The molecule has 0 unspecified atom stereocenters. The molecule has 0 saturated carbocycles. The maximum atomic E-state index is 11.3. The number of hydrogen-bond donors (Lipinski definition) is 1. The summed E-state index contributed by atoms with van der Waals surface area (Å²) in [6.07, 6.45) is 0. The van der Waals surface area contributed by atoms with E-state index in [9.17, 15) is 4.79 Å². The van der Waals surface area contributed by atoms with Crippen LogP contribution in [-0.2, 0) is 6.54 Å². The van der Waals surface area contributed by atoms with Gasteiger partial charge in [0, 0.05) is 0 Å². The monoisotopic (exact) mass is 245 g/mol. The highest BCUT2D eigenvalue weighted by molar-refractivity contribution is 9.10. The van der Waals surface area contributed by atoms with E-state index in [0.717, 1.165) is 5.69 Å². The fourth-order valence-electron chi connectivity index (χ4n) is 1.00. The van der Waals surface area contributed by atoms with Gasteiger partial charge in [0.05, 0.1) is 12.2 Å². The standard InChI is InChI=1S/C8H12BrN3O/c1-5-7(9)8(13)11-6(10-5)4-12(2)3/h4H2,1-3H3,(H,10,11,13). The van der Waals surface area contributed by atoms with E-state index in [4.69, 9.17) is 0 Å². The van der Waals surface area contributed by atoms with E-state index in [1.165, 1.54) is 0 Å². The van der Waals surface area contributed by atoms with Crippen LogP contribution in [-0.4, -0.2) is 29.0 Å². The average Bonchev–Trinajstić information content (AvgIpc) is 1.98. The molecule has 0 aliphatic rings. The van der Waals surface area contributed by atoms with E-state index < -0.39 is 0 Å². The number of H-pyrrole nitrogens is 1. The first-order valence-electron chi connectivity index (χ1n) is 3.90. The lowest BCUT2D eigenvalue weighted by molar-refractivity contribution is 0.389. The summed E-state index contributed by atoms with van der Waals surface area (Å²) in [6, 6.07) is 0. The minimum atomic E-state index is -0.121. The highest BCUT2D eigenvalue weighted by atomic mass is 79.9. The molecule has 0 atom stereocenters. The van der Waals surface area contributed by atoms with Crippen molar-refractivity contribution in [3.8, 4) is 0 Å². The molecule has 1 heterocycles. The zero-order chi connectivity index (χ0) is 10.0. The molecule has 0 aliphatic heterocycles. The Hall–Kier alpha value is -0.680. The smallest absolute Gasteiger partial charge is 0.265 e.